The Hall–Kier alpha value is -3.81. The number of non-ortho nitro benzene ring substituents is 1. The van der Waals surface area contributed by atoms with Gasteiger partial charge in [-0.3, -0.25) is 14.9 Å². The number of phenolic OH excluding ortho intramolecular Hbond substituents is 1. The number of hydrogen-bond acceptors (Lipinski definition) is 6. The number of aryl methyl sites for hydroxylation is 2. The molecular formula is C21H18N2O6. The summed E-state index contributed by atoms with van der Waals surface area (Å²) in [7, 11) is 0. The van der Waals surface area contributed by atoms with Crippen molar-refractivity contribution >= 4 is 17.3 Å². The molecule has 4 rings (SSSR count). The highest BCUT2D eigenvalue weighted by molar-refractivity contribution is 6.03. The number of furan rings is 1. The summed E-state index contributed by atoms with van der Waals surface area (Å²) < 4.78 is 11.3. The summed E-state index contributed by atoms with van der Waals surface area (Å²) in [5.74, 6) is 0.278. The molecule has 8 heteroatoms. The number of nitrogens with one attached hydrogen (secondary N) is 1. The van der Waals surface area contributed by atoms with Crippen LogP contribution in [0, 0.1) is 10.1 Å². The Kier molecular flexibility index (Phi) is 4.90. The zero-order chi connectivity index (χ0) is 20.4. The first-order chi connectivity index (χ1) is 14.0. The van der Waals surface area contributed by atoms with Gasteiger partial charge >= 0.3 is 0 Å². The minimum Gasteiger partial charge on any atom is -0.506 e. The molecule has 1 aliphatic carbocycles. The standard InChI is InChI=1S/C21H18N2O6/c24-19-11-15(23(26)27)5-8-18(19)22-21(25)20-9-7-17(29-20)12-28-16-6-4-13-2-1-3-14(13)10-16/h4-11,24H,1-3,12H2,(H,22,25). The van der Waals surface area contributed by atoms with Gasteiger partial charge in [-0.2, -0.15) is 0 Å². The number of ether oxygens (including phenoxy) is 1. The van der Waals surface area contributed by atoms with Crippen molar-refractivity contribution in [3.05, 3.63) is 81.3 Å². The van der Waals surface area contributed by atoms with Crippen molar-refractivity contribution in [2.45, 2.75) is 25.9 Å². The van der Waals surface area contributed by atoms with E-state index in [1.165, 1.54) is 35.7 Å². The first-order valence-electron chi connectivity index (χ1n) is 9.11. The number of phenols is 1. The zero-order valence-corrected chi connectivity index (χ0v) is 15.4. The molecule has 1 aromatic heterocycles. The SMILES string of the molecule is O=C(Nc1ccc([N+](=O)[O-])cc1O)c1ccc(COc2ccc3c(c2)CCC3)o1. The molecule has 0 bridgehead atoms. The molecule has 0 unspecified atom stereocenters. The second-order valence-electron chi connectivity index (χ2n) is 6.75. The largest absolute Gasteiger partial charge is 0.506 e. The van der Waals surface area contributed by atoms with Crippen LogP contribution in [0.4, 0.5) is 11.4 Å². The van der Waals surface area contributed by atoms with E-state index in [0.717, 1.165) is 24.7 Å². The van der Waals surface area contributed by atoms with Crippen LogP contribution < -0.4 is 10.1 Å². The molecule has 0 fully saturated rings. The van der Waals surface area contributed by atoms with Crippen molar-refractivity contribution in [3.63, 3.8) is 0 Å². The summed E-state index contributed by atoms with van der Waals surface area (Å²) in [6, 6.07) is 12.6. The predicted octanol–water partition coefficient (Wildman–Crippen LogP) is 4.21. The molecular weight excluding hydrogens is 376 g/mol. The molecule has 0 radical (unpaired) electrons. The van der Waals surface area contributed by atoms with Gasteiger partial charge in [-0.05, 0) is 60.7 Å². The number of nitro groups is 1. The Morgan fingerprint density at radius 1 is 1.14 bits per heavy atom. The molecule has 0 atom stereocenters. The fourth-order valence-corrected chi connectivity index (χ4v) is 3.29. The van der Waals surface area contributed by atoms with E-state index in [2.05, 4.69) is 11.4 Å². The van der Waals surface area contributed by atoms with E-state index in [9.17, 15) is 20.0 Å². The number of rotatable bonds is 6. The lowest BCUT2D eigenvalue weighted by Crippen LogP contribution is -2.11. The predicted molar refractivity (Wildman–Crippen MR) is 104 cm³/mol. The Bertz CT molecular complexity index is 1090. The third kappa shape index (κ3) is 4.06. The number of nitrogens with zero attached hydrogens (tertiary/aromatic N) is 1. The summed E-state index contributed by atoms with van der Waals surface area (Å²) in [4.78, 5) is 22.4. The van der Waals surface area contributed by atoms with Crippen LogP contribution >= 0.6 is 0 Å². The summed E-state index contributed by atoms with van der Waals surface area (Å²) in [6.45, 7) is 0.175. The minimum absolute atomic E-state index is 0.0373. The number of carbonyl (C=O) groups is 1. The Morgan fingerprint density at radius 3 is 2.76 bits per heavy atom. The normalized spacial score (nSPS) is 12.4. The monoisotopic (exact) mass is 394 g/mol. The molecule has 1 heterocycles. The Labute approximate surface area is 165 Å². The minimum atomic E-state index is -0.634. The maximum absolute atomic E-state index is 12.3. The van der Waals surface area contributed by atoms with Crippen LogP contribution in [0.1, 0.15) is 33.9 Å². The lowest BCUT2D eigenvalue weighted by atomic mass is 10.1. The third-order valence-electron chi connectivity index (χ3n) is 4.78. The second-order valence-corrected chi connectivity index (χ2v) is 6.75. The van der Waals surface area contributed by atoms with E-state index >= 15 is 0 Å². The van der Waals surface area contributed by atoms with Gasteiger partial charge in [-0.25, -0.2) is 0 Å². The molecule has 0 aliphatic heterocycles. The van der Waals surface area contributed by atoms with E-state index in [4.69, 9.17) is 9.15 Å². The highest BCUT2D eigenvalue weighted by Gasteiger charge is 2.16. The van der Waals surface area contributed by atoms with Crippen LogP contribution in [0.25, 0.3) is 0 Å². The number of benzene rings is 2. The van der Waals surface area contributed by atoms with Gasteiger partial charge in [0.25, 0.3) is 11.6 Å². The van der Waals surface area contributed by atoms with Gasteiger partial charge in [-0.1, -0.05) is 6.07 Å². The number of anilines is 1. The zero-order valence-electron chi connectivity index (χ0n) is 15.4. The molecule has 2 aromatic carbocycles. The van der Waals surface area contributed by atoms with Crippen molar-refractivity contribution < 1.29 is 24.0 Å². The summed E-state index contributed by atoms with van der Waals surface area (Å²) in [6.07, 6.45) is 3.34. The van der Waals surface area contributed by atoms with Crippen molar-refractivity contribution in [3.8, 4) is 11.5 Å². The van der Waals surface area contributed by atoms with Crippen LogP contribution in [0.15, 0.2) is 52.9 Å². The first-order valence-corrected chi connectivity index (χ1v) is 9.11. The maximum Gasteiger partial charge on any atom is 0.291 e. The first kappa shape index (κ1) is 18.5. The summed E-state index contributed by atoms with van der Waals surface area (Å²) >= 11 is 0. The van der Waals surface area contributed by atoms with E-state index in [-0.39, 0.29) is 23.7 Å². The van der Waals surface area contributed by atoms with Gasteiger partial charge < -0.3 is 19.6 Å². The Balaban J connectivity index is 1.38. The van der Waals surface area contributed by atoms with Gasteiger partial charge in [0, 0.05) is 6.07 Å². The number of amides is 1. The van der Waals surface area contributed by atoms with E-state index in [0.29, 0.717) is 5.76 Å². The molecule has 148 valence electrons. The van der Waals surface area contributed by atoms with Crippen LogP contribution in [0.3, 0.4) is 0 Å². The van der Waals surface area contributed by atoms with Gasteiger partial charge in [0.05, 0.1) is 16.7 Å². The third-order valence-corrected chi connectivity index (χ3v) is 4.78. The molecule has 2 N–H and O–H groups in total. The van der Waals surface area contributed by atoms with Crippen LogP contribution in [-0.4, -0.2) is 15.9 Å². The average molecular weight is 394 g/mol. The number of hydrogen-bond donors (Lipinski definition) is 2. The molecule has 1 aliphatic rings. The number of nitro benzene ring substituents is 1. The fraction of sp³-hybridized carbons (Fsp3) is 0.190. The van der Waals surface area contributed by atoms with E-state index in [1.807, 2.05) is 12.1 Å². The molecule has 0 spiro atoms. The quantitative estimate of drug-likeness (QED) is 0.368. The lowest BCUT2D eigenvalue weighted by molar-refractivity contribution is -0.384. The molecule has 1 amide bonds. The molecule has 29 heavy (non-hydrogen) atoms. The number of fused-ring (bicyclic) bond motifs is 1. The van der Waals surface area contributed by atoms with Crippen LogP contribution in [-0.2, 0) is 19.4 Å². The molecule has 0 saturated carbocycles. The number of carbonyl (C=O) groups excluding carboxylic acids is 1. The van der Waals surface area contributed by atoms with Gasteiger partial charge in [-0.15, -0.1) is 0 Å². The number of aromatic hydroxyl groups is 1. The summed E-state index contributed by atoms with van der Waals surface area (Å²) in [5, 5.41) is 23.0. The summed E-state index contributed by atoms with van der Waals surface area (Å²) in [5.41, 5.74) is 2.45. The van der Waals surface area contributed by atoms with E-state index < -0.39 is 16.6 Å². The fourth-order valence-electron chi connectivity index (χ4n) is 3.29. The van der Waals surface area contributed by atoms with Crippen molar-refractivity contribution in [1.82, 2.24) is 0 Å². The highest BCUT2D eigenvalue weighted by atomic mass is 16.6. The van der Waals surface area contributed by atoms with Crippen LogP contribution in [0.2, 0.25) is 0 Å². The highest BCUT2D eigenvalue weighted by Crippen LogP contribution is 2.29. The average Bonchev–Trinajstić information content (AvgIpc) is 3.36. The molecule has 3 aromatic rings. The van der Waals surface area contributed by atoms with Crippen molar-refractivity contribution in [2.24, 2.45) is 0 Å². The van der Waals surface area contributed by atoms with Gasteiger partial charge in [0.1, 0.15) is 23.9 Å². The smallest absolute Gasteiger partial charge is 0.291 e. The van der Waals surface area contributed by atoms with E-state index in [1.54, 1.807) is 6.07 Å². The topological polar surface area (TPSA) is 115 Å². The van der Waals surface area contributed by atoms with Crippen LogP contribution in [0.5, 0.6) is 11.5 Å². The molecule has 0 saturated heterocycles. The van der Waals surface area contributed by atoms with Gasteiger partial charge in [0.15, 0.2) is 5.76 Å². The van der Waals surface area contributed by atoms with Crippen molar-refractivity contribution in [2.75, 3.05) is 5.32 Å². The maximum atomic E-state index is 12.3. The molecule has 8 nitrogen and oxygen atoms in total. The second kappa shape index (κ2) is 7.67. The lowest BCUT2D eigenvalue weighted by Gasteiger charge is -2.07. The Morgan fingerprint density at radius 2 is 1.97 bits per heavy atom. The van der Waals surface area contributed by atoms with Crippen molar-refractivity contribution in [1.29, 1.82) is 0 Å². The van der Waals surface area contributed by atoms with Gasteiger partial charge in [0.2, 0.25) is 0 Å².